The fourth-order valence-electron chi connectivity index (χ4n) is 1.13. The van der Waals surface area contributed by atoms with E-state index < -0.39 is 11.3 Å². The van der Waals surface area contributed by atoms with Crippen LogP contribution in [0.2, 0.25) is 0 Å². The second kappa shape index (κ2) is 5.01. The number of halogens is 1. The predicted molar refractivity (Wildman–Crippen MR) is 56.7 cm³/mol. The molecular formula is C11H13ClO2. The molecule has 14 heavy (non-hydrogen) atoms. The van der Waals surface area contributed by atoms with Crippen molar-refractivity contribution in [2.75, 3.05) is 0 Å². The molecule has 0 saturated heterocycles. The highest BCUT2D eigenvalue weighted by Gasteiger charge is 2.16. The molecule has 1 atom stereocenters. The van der Waals surface area contributed by atoms with Gasteiger partial charge in [-0.05, 0) is 36.6 Å². The van der Waals surface area contributed by atoms with Crippen LogP contribution in [0.25, 0.3) is 0 Å². The Bertz CT molecular complexity index is 323. The van der Waals surface area contributed by atoms with Gasteiger partial charge in [0.15, 0.2) is 6.10 Å². The molecule has 0 amide bonds. The summed E-state index contributed by atoms with van der Waals surface area (Å²) in [5, 5.41) is -0.448. The quantitative estimate of drug-likeness (QED) is 0.718. The number of hydrogen-bond acceptors (Lipinski definition) is 2. The van der Waals surface area contributed by atoms with Crippen LogP contribution in [0.3, 0.4) is 0 Å². The summed E-state index contributed by atoms with van der Waals surface area (Å²) >= 11 is 5.38. The van der Waals surface area contributed by atoms with Gasteiger partial charge in [-0.15, -0.1) is 0 Å². The van der Waals surface area contributed by atoms with Gasteiger partial charge < -0.3 is 4.74 Å². The highest BCUT2D eigenvalue weighted by atomic mass is 35.5. The number of carbonyl (C=O) groups excluding carboxylic acids is 1. The molecule has 1 aromatic carbocycles. The number of ether oxygens (including phenoxy) is 1. The second-order valence-corrected chi connectivity index (χ2v) is 3.46. The molecular weight excluding hydrogens is 200 g/mol. The molecule has 0 heterocycles. The molecule has 0 spiro atoms. The van der Waals surface area contributed by atoms with Crippen molar-refractivity contribution < 1.29 is 9.53 Å². The lowest BCUT2D eigenvalue weighted by molar-refractivity contribution is -0.117. The number of rotatable bonds is 4. The van der Waals surface area contributed by atoms with E-state index in [1.165, 1.54) is 0 Å². The minimum absolute atomic E-state index is 0.448. The van der Waals surface area contributed by atoms with E-state index in [4.69, 9.17) is 16.3 Å². The Kier molecular flexibility index (Phi) is 3.96. The predicted octanol–water partition coefficient (Wildman–Crippen LogP) is 2.92. The maximum atomic E-state index is 10.9. The largest absolute Gasteiger partial charge is 0.481 e. The third kappa shape index (κ3) is 2.74. The van der Waals surface area contributed by atoms with E-state index in [0.29, 0.717) is 12.2 Å². The fourth-order valence-corrected chi connectivity index (χ4v) is 1.33. The number of carbonyl (C=O) groups is 1. The van der Waals surface area contributed by atoms with E-state index in [0.717, 1.165) is 5.56 Å². The molecule has 2 nitrogen and oxygen atoms in total. The maximum absolute atomic E-state index is 10.9. The van der Waals surface area contributed by atoms with Crippen molar-refractivity contribution in [1.82, 2.24) is 0 Å². The zero-order chi connectivity index (χ0) is 10.6. The first-order valence-electron chi connectivity index (χ1n) is 4.56. The summed E-state index contributed by atoms with van der Waals surface area (Å²) in [7, 11) is 0. The van der Waals surface area contributed by atoms with Gasteiger partial charge in [-0.25, -0.2) is 0 Å². The molecule has 0 N–H and O–H groups in total. The van der Waals surface area contributed by atoms with Crippen molar-refractivity contribution in [2.24, 2.45) is 0 Å². The van der Waals surface area contributed by atoms with Gasteiger partial charge in [0.2, 0.25) is 0 Å². The van der Waals surface area contributed by atoms with Crippen LogP contribution < -0.4 is 4.74 Å². The molecule has 76 valence electrons. The molecule has 1 aromatic rings. The van der Waals surface area contributed by atoms with Crippen LogP contribution in [0.1, 0.15) is 18.9 Å². The second-order valence-electron chi connectivity index (χ2n) is 3.08. The van der Waals surface area contributed by atoms with Gasteiger partial charge in [0, 0.05) is 0 Å². The molecule has 0 bridgehead atoms. The molecule has 0 aliphatic carbocycles. The Morgan fingerprint density at radius 2 is 2.14 bits per heavy atom. The van der Waals surface area contributed by atoms with Crippen molar-refractivity contribution in [1.29, 1.82) is 0 Å². The molecule has 0 aliphatic rings. The minimum Gasteiger partial charge on any atom is -0.481 e. The smallest absolute Gasteiger partial charge is 0.262 e. The topological polar surface area (TPSA) is 26.3 Å². The normalized spacial score (nSPS) is 12.2. The SMILES string of the molecule is CC[C@H](Oc1ccccc1C)C(=O)Cl. The Hall–Kier alpha value is -1.02. The summed E-state index contributed by atoms with van der Waals surface area (Å²) in [6.45, 7) is 3.80. The van der Waals surface area contributed by atoms with Gasteiger partial charge >= 0.3 is 0 Å². The van der Waals surface area contributed by atoms with Crippen LogP contribution in [0.15, 0.2) is 24.3 Å². The summed E-state index contributed by atoms with van der Waals surface area (Å²) in [5.74, 6) is 0.716. The van der Waals surface area contributed by atoms with Crippen LogP contribution in [0, 0.1) is 6.92 Å². The van der Waals surface area contributed by atoms with Gasteiger partial charge in [-0.2, -0.15) is 0 Å². The van der Waals surface area contributed by atoms with Gasteiger partial charge in [0.1, 0.15) is 5.75 Å². The lowest BCUT2D eigenvalue weighted by Crippen LogP contribution is -2.22. The summed E-state index contributed by atoms with van der Waals surface area (Å²) < 4.78 is 5.47. The maximum Gasteiger partial charge on any atom is 0.262 e. The van der Waals surface area contributed by atoms with Gasteiger partial charge in [0.25, 0.3) is 5.24 Å². The molecule has 0 aliphatic heterocycles. The van der Waals surface area contributed by atoms with Crippen LogP contribution in [0.4, 0.5) is 0 Å². The molecule has 0 unspecified atom stereocenters. The zero-order valence-electron chi connectivity index (χ0n) is 8.29. The van der Waals surface area contributed by atoms with Crippen molar-refractivity contribution >= 4 is 16.8 Å². The fraction of sp³-hybridized carbons (Fsp3) is 0.364. The highest BCUT2D eigenvalue weighted by Crippen LogP contribution is 2.19. The van der Waals surface area contributed by atoms with Crippen LogP contribution in [-0.4, -0.2) is 11.3 Å². The van der Waals surface area contributed by atoms with Gasteiger partial charge in [0.05, 0.1) is 0 Å². The number of para-hydroxylation sites is 1. The molecule has 0 fully saturated rings. The average Bonchev–Trinajstić information content (AvgIpc) is 2.16. The van der Waals surface area contributed by atoms with E-state index >= 15 is 0 Å². The summed E-state index contributed by atoms with van der Waals surface area (Å²) in [5.41, 5.74) is 1.00. The molecule has 0 radical (unpaired) electrons. The van der Waals surface area contributed by atoms with Crippen molar-refractivity contribution in [3.63, 3.8) is 0 Å². The third-order valence-electron chi connectivity index (χ3n) is 1.99. The number of benzene rings is 1. The summed E-state index contributed by atoms with van der Waals surface area (Å²) in [4.78, 5) is 10.9. The molecule has 3 heteroatoms. The van der Waals surface area contributed by atoms with Crippen LogP contribution in [0.5, 0.6) is 5.75 Å². The van der Waals surface area contributed by atoms with Crippen LogP contribution in [-0.2, 0) is 4.79 Å². The van der Waals surface area contributed by atoms with Crippen molar-refractivity contribution in [3.05, 3.63) is 29.8 Å². The monoisotopic (exact) mass is 212 g/mol. The lowest BCUT2D eigenvalue weighted by Gasteiger charge is -2.14. The molecule has 0 aromatic heterocycles. The Labute approximate surface area is 88.8 Å². The molecule has 1 rings (SSSR count). The van der Waals surface area contributed by atoms with E-state index in [1.54, 1.807) is 0 Å². The molecule has 0 saturated carbocycles. The van der Waals surface area contributed by atoms with Gasteiger partial charge in [-0.3, -0.25) is 4.79 Å². The van der Waals surface area contributed by atoms with E-state index in [1.807, 2.05) is 38.1 Å². The first-order chi connectivity index (χ1) is 6.65. The lowest BCUT2D eigenvalue weighted by atomic mass is 10.2. The highest BCUT2D eigenvalue weighted by molar-refractivity contribution is 6.64. The standard InChI is InChI=1S/C11H13ClO2/c1-3-9(11(12)13)14-10-7-5-4-6-8(10)2/h4-7,9H,3H2,1-2H3/t9-/m0/s1. The minimum atomic E-state index is -0.544. The first-order valence-corrected chi connectivity index (χ1v) is 4.94. The number of hydrogen-bond donors (Lipinski definition) is 0. The van der Waals surface area contributed by atoms with Crippen molar-refractivity contribution in [3.8, 4) is 5.75 Å². The average molecular weight is 213 g/mol. The Morgan fingerprint density at radius 1 is 1.50 bits per heavy atom. The summed E-state index contributed by atoms with van der Waals surface area (Å²) in [6.07, 6.45) is 0.0363. The zero-order valence-corrected chi connectivity index (χ0v) is 9.04. The van der Waals surface area contributed by atoms with E-state index in [9.17, 15) is 4.79 Å². The first kappa shape index (κ1) is 11.1. The van der Waals surface area contributed by atoms with Gasteiger partial charge in [-0.1, -0.05) is 25.1 Å². The third-order valence-corrected chi connectivity index (χ3v) is 2.23. The van der Waals surface area contributed by atoms with Crippen molar-refractivity contribution in [2.45, 2.75) is 26.4 Å². The van der Waals surface area contributed by atoms with Crippen LogP contribution >= 0.6 is 11.6 Å². The van der Waals surface area contributed by atoms with E-state index in [-0.39, 0.29) is 0 Å². The summed E-state index contributed by atoms with van der Waals surface area (Å²) in [6, 6.07) is 7.55. The Morgan fingerprint density at radius 3 is 2.64 bits per heavy atom. The number of aryl methyl sites for hydroxylation is 1. The Balaban J connectivity index is 2.77. The van der Waals surface area contributed by atoms with E-state index in [2.05, 4.69) is 0 Å².